The van der Waals surface area contributed by atoms with Gasteiger partial charge in [0.05, 0.1) is 10.6 Å². The zero-order valence-corrected chi connectivity index (χ0v) is 8.18. The molecule has 2 N–H and O–H groups in total. The van der Waals surface area contributed by atoms with E-state index in [4.69, 9.17) is 12.2 Å². The van der Waals surface area contributed by atoms with Crippen LogP contribution >= 0.6 is 23.6 Å². The molecule has 0 aliphatic carbocycles. The number of H-pyrrole nitrogens is 2. The Morgan fingerprint density at radius 3 is 2.83 bits per heavy atom. The highest BCUT2D eigenvalue weighted by Gasteiger charge is 2.03. The molecule has 2 heterocycles. The van der Waals surface area contributed by atoms with Gasteiger partial charge in [0.2, 0.25) is 0 Å². The summed E-state index contributed by atoms with van der Waals surface area (Å²) in [6.45, 7) is 2.09. The number of aromatic nitrogens is 2. The van der Waals surface area contributed by atoms with Crippen LogP contribution in [-0.2, 0) is 0 Å². The van der Waals surface area contributed by atoms with Gasteiger partial charge >= 0.3 is 0 Å². The largest absolute Gasteiger partial charge is 0.337 e. The molecule has 2 aromatic heterocycles. The van der Waals surface area contributed by atoms with Crippen molar-refractivity contribution >= 4 is 23.6 Å². The van der Waals surface area contributed by atoms with Crippen LogP contribution in [0.15, 0.2) is 17.6 Å². The van der Waals surface area contributed by atoms with Crippen molar-refractivity contribution in [2.75, 3.05) is 0 Å². The molecule has 0 saturated carbocycles. The summed E-state index contributed by atoms with van der Waals surface area (Å²) in [5.41, 5.74) is 2.36. The average molecular weight is 196 g/mol. The van der Waals surface area contributed by atoms with Crippen molar-refractivity contribution in [2.24, 2.45) is 0 Å². The highest BCUT2D eigenvalue weighted by Crippen LogP contribution is 2.26. The van der Waals surface area contributed by atoms with E-state index in [1.807, 2.05) is 6.20 Å². The summed E-state index contributed by atoms with van der Waals surface area (Å²) in [5.74, 6) is 0. The average Bonchev–Trinajstić information content (AvgIpc) is 2.58. The molecule has 0 atom stereocenters. The minimum Gasteiger partial charge on any atom is -0.337 e. The maximum Gasteiger partial charge on any atom is 0.174 e. The standard InChI is InChI=1S/C8H8N2S2/c1-5-2-3-12-7(5)6-4-9-8(11)10-6/h2-4H,1H3,(H2,9,10,11). The van der Waals surface area contributed by atoms with E-state index < -0.39 is 0 Å². The van der Waals surface area contributed by atoms with E-state index in [2.05, 4.69) is 28.3 Å². The molecule has 2 aromatic rings. The van der Waals surface area contributed by atoms with Gasteiger partial charge in [-0.05, 0) is 36.2 Å². The summed E-state index contributed by atoms with van der Waals surface area (Å²) in [6, 6.07) is 2.10. The van der Waals surface area contributed by atoms with E-state index in [-0.39, 0.29) is 0 Å². The molecule has 0 aliphatic heterocycles. The Morgan fingerprint density at radius 1 is 1.50 bits per heavy atom. The van der Waals surface area contributed by atoms with Gasteiger partial charge in [-0.2, -0.15) is 0 Å². The Kier molecular flexibility index (Phi) is 1.86. The Bertz CT molecular complexity index is 436. The monoisotopic (exact) mass is 196 g/mol. The first kappa shape index (κ1) is 7.76. The highest BCUT2D eigenvalue weighted by molar-refractivity contribution is 7.71. The van der Waals surface area contributed by atoms with Gasteiger partial charge < -0.3 is 9.97 Å². The third kappa shape index (κ3) is 1.23. The lowest BCUT2D eigenvalue weighted by atomic mass is 10.2. The first-order chi connectivity index (χ1) is 5.77. The Labute approximate surface area is 79.3 Å². The number of nitrogens with one attached hydrogen (secondary N) is 2. The molecule has 0 amide bonds. The molecule has 0 aromatic carbocycles. The van der Waals surface area contributed by atoms with Crippen molar-refractivity contribution < 1.29 is 0 Å². The zero-order valence-electron chi connectivity index (χ0n) is 6.55. The van der Waals surface area contributed by atoms with Crippen molar-refractivity contribution in [3.63, 3.8) is 0 Å². The van der Waals surface area contributed by atoms with Gasteiger partial charge in [0.25, 0.3) is 0 Å². The molecular formula is C8H8N2S2. The van der Waals surface area contributed by atoms with Gasteiger partial charge in [0.15, 0.2) is 4.77 Å². The third-order valence-corrected chi connectivity index (χ3v) is 2.97. The number of imidazole rings is 1. The van der Waals surface area contributed by atoms with Crippen LogP contribution in [0.4, 0.5) is 0 Å². The lowest BCUT2D eigenvalue weighted by Gasteiger charge is -1.91. The minimum atomic E-state index is 0.679. The first-order valence-electron chi connectivity index (χ1n) is 3.59. The second-order valence-electron chi connectivity index (χ2n) is 2.59. The number of hydrogen-bond donors (Lipinski definition) is 2. The second-order valence-corrected chi connectivity index (χ2v) is 3.91. The lowest BCUT2D eigenvalue weighted by molar-refractivity contribution is 1.27. The fourth-order valence-electron chi connectivity index (χ4n) is 1.10. The maximum atomic E-state index is 4.94. The van der Waals surface area contributed by atoms with Crippen molar-refractivity contribution in [3.05, 3.63) is 28.0 Å². The lowest BCUT2D eigenvalue weighted by Crippen LogP contribution is -1.73. The van der Waals surface area contributed by atoms with E-state index in [1.54, 1.807) is 11.3 Å². The van der Waals surface area contributed by atoms with E-state index in [1.165, 1.54) is 10.4 Å². The van der Waals surface area contributed by atoms with Crippen LogP contribution < -0.4 is 0 Å². The SMILES string of the molecule is Cc1ccsc1-c1c[nH]c(=S)[nH]1. The van der Waals surface area contributed by atoms with Crippen LogP contribution in [0.5, 0.6) is 0 Å². The van der Waals surface area contributed by atoms with Crippen LogP contribution in [0, 0.1) is 11.7 Å². The van der Waals surface area contributed by atoms with E-state index in [0.717, 1.165) is 5.69 Å². The van der Waals surface area contributed by atoms with Gasteiger partial charge in [-0.25, -0.2) is 0 Å². The van der Waals surface area contributed by atoms with Crippen LogP contribution in [0.3, 0.4) is 0 Å². The molecule has 0 fully saturated rings. The van der Waals surface area contributed by atoms with Gasteiger partial charge in [-0.1, -0.05) is 0 Å². The van der Waals surface area contributed by atoms with Gasteiger partial charge in [0, 0.05) is 6.20 Å². The van der Waals surface area contributed by atoms with Crippen LogP contribution in [0.25, 0.3) is 10.6 Å². The van der Waals surface area contributed by atoms with Crippen molar-refractivity contribution in [3.8, 4) is 10.6 Å². The predicted molar refractivity (Wildman–Crippen MR) is 54.0 cm³/mol. The molecule has 0 bridgehead atoms. The zero-order chi connectivity index (χ0) is 8.55. The third-order valence-electron chi connectivity index (χ3n) is 1.70. The van der Waals surface area contributed by atoms with Gasteiger partial charge in [0.1, 0.15) is 0 Å². The molecule has 0 unspecified atom stereocenters. The number of hydrogen-bond acceptors (Lipinski definition) is 2. The number of aryl methyl sites for hydroxylation is 1. The van der Waals surface area contributed by atoms with Crippen molar-refractivity contribution in [2.45, 2.75) is 6.92 Å². The topological polar surface area (TPSA) is 31.6 Å². The summed E-state index contributed by atoms with van der Waals surface area (Å²) in [5, 5.41) is 2.08. The fourth-order valence-corrected chi connectivity index (χ4v) is 2.17. The molecule has 62 valence electrons. The van der Waals surface area contributed by atoms with Gasteiger partial charge in [-0.3, -0.25) is 0 Å². The summed E-state index contributed by atoms with van der Waals surface area (Å²) in [4.78, 5) is 7.29. The molecule has 4 heteroatoms. The first-order valence-corrected chi connectivity index (χ1v) is 4.88. The highest BCUT2D eigenvalue weighted by atomic mass is 32.1. The molecular weight excluding hydrogens is 188 g/mol. The van der Waals surface area contributed by atoms with Crippen LogP contribution in [0.2, 0.25) is 0 Å². The van der Waals surface area contributed by atoms with E-state index >= 15 is 0 Å². The van der Waals surface area contributed by atoms with Crippen LogP contribution in [0.1, 0.15) is 5.56 Å². The molecule has 0 saturated heterocycles. The Morgan fingerprint density at radius 2 is 2.33 bits per heavy atom. The second kappa shape index (κ2) is 2.88. The molecule has 0 aliphatic rings. The molecule has 0 spiro atoms. The number of rotatable bonds is 1. The Hall–Kier alpha value is -0.870. The number of aromatic amines is 2. The summed E-state index contributed by atoms with van der Waals surface area (Å²) >= 11 is 6.66. The van der Waals surface area contributed by atoms with Crippen molar-refractivity contribution in [1.82, 2.24) is 9.97 Å². The molecule has 2 rings (SSSR count). The van der Waals surface area contributed by atoms with E-state index in [0.29, 0.717) is 4.77 Å². The van der Waals surface area contributed by atoms with Crippen LogP contribution in [-0.4, -0.2) is 9.97 Å². The quantitative estimate of drug-likeness (QED) is 0.675. The smallest absolute Gasteiger partial charge is 0.174 e. The molecule has 2 nitrogen and oxygen atoms in total. The predicted octanol–water partition coefficient (Wildman–Crippen LogP) is 3.11. The fraction of sp³-hybridized carbons (Fsp3) is 0.125. The van der Waals surface area contributed by atoms with Crippen molar-refractivity contribution in [1.29, 1.82) is 0 Å². The summed E-state index contributed by atoms with van der Waals surface area (Å²) in [7, 11) is 0. The number of thiophene rings is 1. The van der Waals surface area contributed by atoms with Gasteiger partial charge in [-0.15, -0.1) is 11.3 Å². The Balaban J connectivity index is 2.57. The normalized spacial score (nSPS) is 10.4. The minimum absolute atomic E-state index is 0.679. The molecule has 0 radical (unpaired) electrons. The summed E-state index contributed by atoms with van der Waals surface area (Å²) < 4.78 is 0.679. The maximum absolute atomic E-state index is 4.94. The molecule has 12 heavy (non-hydrogen) atoms. The van der Waals surface area contributed by atoms with E-state index in [9.17, 15) is 0 Å². The summed E-state index contributed by atoms with van der Waals surface area (Å²) in [6.07, 6.45) is 1.90.